The number of nitrogens with one attached hydrogen (secondary N) is 1. The maximum absolute atomic E-state index is 5.36. The summed E-state index contributed by atoms with van der Waals surface area (Å²) in [4.78, 5) is 0. The zero-order valence-electron chi connectivity index (χ0n) is 7.32. The molecule has 2 aromatic heterocycles. The molecule has 3 heteroatoms. The van der Waals surface area contributed by atoms with Crippen molar-refractivity contribution in [2.24, 2.45) is 0 Å². The molecule has 2 heterocycles. The molecule has 0 aliphatic carbocycles. The summed E-state index contributed by atoms with van der Waals surface area (Å²) in [6, 6.07) is 5.77. The van der Waals surface area contributed by atoms with Gasteiger partial charge >= 0.3 is 0 Å². The van der Waals surface area contributed by atoms with Crippen molar-refractivity contribution in [3.05, 3.63) is 41.6 Å². The molecule has 0 radical (unpaired) electrons. The Hall–Kier alpha value is -1.77. The number of aromatic amines is 1. The van der Waals surface area contributed by atoms with Crippen LogP contribution in [0.2, 0.25) is 0 Å². The van der Waals surface area contributed by atoms with E-state index in [1.807, 2.05) is 37.3 Å². The predicted molar refractivity (Wildman–Crippen MR) is 51.0 cm³/mol. The molecule has 0 fully saturated rings. The van der Waals surface area contributed by atoms with Gasteiger partial charge in [-0.15, -0.1) is 0 Å². The molecule has 2 rings (SSSR count). The van der Waals surface area contributed by atoms with E-state index < -0.39 is 0 Å². The van der Waals surface area contributed by atoms with E-state index in [9.17, 15) is 0 Å². The molecule has 0 spiro atoms. The maximum atomic E-state index is 5.36. The van der Waals surface area contributed by atoms with E-state index in [0.29, 0.717) is 0 Å². The Kier molecular flexibility index (Phi) is 2.00. The average Bonchev–Trinajstić information content (AvgIpc) is 2.71. The molecule has 1 N–H and O–H groups in total. The van der Waals surface area contributed by atoms with Gasteiger partial charge in [-0.1, -0.05) is 0 Å². The van der Waals surface area contributed by atoms with E-state index in [0.717, 1.165) is 17.2 Å². The van der Waals surface area contributed by atoms with Gasteiger partial charge in [0, 0.05) is 6.20 Å². The second-order valence-electron chi connectivity index (χ2n) is 2.79. The molecule has 0 aromatic carbocycles. The number of furan rings is 1. The van der Waals surface area contributed by atoms with Crippen molar-refractivity contribution < 1.29 is 4.42 Å². The van der Waals surface area contributed by atoms with Crippen LogP contribution in [0.15, 0.2) is 28.8 Å². The lowest BCUT2D eigenvalue weighted by atomic mass is 10.3. The van der Waals surface area contributed by atoms with Gasteiger partial charge in [-0.2, -0.15) is 5.10 Å². The van der Waals surface area contributed by atoms with Crippen molar-refractivity contribution in [3.8, 4) is 0 Å². The second kappa shape index (κ2) is 3.31. The van der Waals surface area contributed by atoms with Crippen LogP contribution >= 0.6 is 0 Å². The Labute approximate surface area is 76.1 Å². The average molecular weight is 174 g/mol. The number of nitrogens with zero attached hydrogens (tertiary/aromatic N) is 1. The van der Waals surface area contributed by atoms with E-state index in [1.54, 1.807) is 6.20 Å². The van der Waals surface area contributed by atoms with Crippen molar-refractivity contribution in [3.63, 3.8) is 0 Å². The van der Waals surface area contributed by atoms with Crippen LogP contribution in [0.4, 0.5) is 0 Å². The van der Waals surface area contributed by atoms with Gasteiger partial charge in [0.15, 0.2) is 0 Å². The molecule has 0 unspecified atom stereocenters. The van der Waals surface area contributed by atoms with Gasteiger partial charge in [-0.3, -0.25) is 5.10 Å². The second-order valence-corrected chi connectivity index (χ2v) is 2.79. The zero-order chi connectivity index (χ0) is 9.10. The summed E-state index contributed by atoms with van der Waals surface area (Å²) in [7, 11) is 0. The number of rotatable bonds is 2. The first-order chi connectivity index (χ1) is 6.34. The maximum Gasteiger partial charge on any atom is 0.127 e. The van der Waals surface area contributed by atoms with Crippen LogP contribution in [-0.2, 0) is 0 Å². The van der Waals surface area contributed by atoms with Crippen LogP contribution in [0, 0.1) is 6.92 Å². The lowest BCUT2D eigenvalue weighted by molar-refractivity contribution is 0.525. The van der Waals surface area contributed by atoms with Crippen molar-refractivity contribution in [2.75, 3.05) is 0 Å². The fourth-order valence-electron chi connectivity index (χ4n) is 1.07. The molecule has 0 atom stereocenters. The third-order valence-electron chi connectivity index (χ3n) is 1.71. The van der Waals surface area contributed by atoms with Gasteiger partial charge in [0.25, 0.3) is 0 Å². The van der Waals surface area contributed by atoms with E-state index in [-0.39, 0.29) is 0 Å². The van der Waals surface area contributed by atoms with Crippen molar-refractivity contribution in [1.82, 2.24) is 10.2 Å². The van der Waals surface area contributed by atoms with Crippen LogP contribution in [0.1, 0.15) is 17.2 Å². The molecule has 13 heavy (non-hydrogen) atoms. The van der Waals surface area contributed by atoms with Gasteiger partial charge in [0.05, 0.1) is 5.69 Å². The summed E-state index contributed by atoms with van der Waals surface area (Å²) >= 11 is 0. The normalized spacial score (nSPS) is 11.2. The van der Waals surface area contributed by atoms with E-state index in [1.165, 1.54) is 0 Å². The number of aryl methyl sites for hydroxylation is 1. The Morgan fingerprint density at radius 1 is 1.31 bits per heavy atom. The van der Waals surface area contributed by atoms with E-state index in [2.05, 4.69) is 10.2 Å². The monoisotopic (exact) mass is 174 g/mol. The topological polar surface area (TPSA) is 41.8 Å². The Morgan fingerprint density at radius 3 is 2.85 bits per heavy atom. The standard InChI is InChI=1S/C10H10N2O/c1-8-2-4-10(13-8)5-3-9-6-7-11-12-9/h2-7H,1H3,(H,11,12)/b5-3+. The molecule has 0 amide bonds. The molecule has 0 saturated heterocycles. The predicted octanol–water partition coefficient (Wildman–Crippen LogP) is 2.48. The highest BCUT2D eigenvalue weighted by Crippen LogP contribution is 2.09. The quantitative estimate of drug-likeness (QED) is 0.759. The molecule has 0 aliphatic rings. The summed E-state index contributed by atoms with van der Waals surface area (Å²) in [6.45, 7) is 1.92. The Balaban J connectivity index is 2.14. The van der Waals surface area contributed by atoms with Crippen LogP contribution in [0.3, 0.4) is 0 Å². The summed E-state index contributed by atoms with van der Waals surface area (Å²) < 4.78 is 5.36. The number of H-pyrrole nitrogens is 1. The third kappa shape index (κ3) is 1.87. The summed E-state index contributed by atoms with van der Waals surface area (Å²) in [5.74, 6) is 1.77. The molecule has 2 aromatic rings. The van der Waals surface area contributed by atoms with Crippen LogP contribution in [0.25, 0.3) is 12.2 Å². The molecule has 0 saturated carbocycles. The first kappa shape index (κ1) is 7.86. The van der Waals surface area contributed by atoms with Gasteiger partial charge in [0.1, 0.15) is 11.5 Å². The minimum absolute atomic E-state index is 0.854. The first-order valence-corrected chi connectivity index (χ1v) is 4.08. The Morgan fingerprint density at radius 2 is 2.23 bits per heavy atom. The minimum Gasteiger partial charge on any atom is -0.462 e. The van der Waals surface area contributed by atoms with Gasteiger partial charge in [-0.05, 0) is 37.3 Å². The van der Waals surface area contributed by atoms with Gasteiger partial charge in [-0.25, -0.2) is 0 Å². The first-order valence-electron chi connectivity index (χ1n) is 4.08. The van der Waals surface area contributed by atoms with Crippen LogP contribution in [-0.4, -0.2) is 10.2 Å². The summed E-state index contributed by atoms with van der Waals surface area (Å²) in [5.41, 5.74) is 0.967. The van der Waals surface area contributed by atoms with E-state index >= 15 is 0 Å². The highest BCUT2D eigenvalue weighted by atomic mass is 16.3. The molecule has 0 aliphatic heterocycles. The largest absolute Gasteiger partial charge is 0.462 e. The minimum atomic E-state index is 0.854. The molecule has 0 bridgehead atoms. The van der Waals surface area contributed by atoms with Crippen LogP contribution in [0.5, 0.6) is 0 Å². The molecule has 3 nitrogen and oxygen atoms in total. The van der Waals surface area contributed by atoms with Gasteiger partial charge < -0.3 is 4.42 Å². The van der Waals surface area contributed by atoms with Crippen molar-refractivity contribution >= 4 is 12.2 Å². The summed E-state index contributed by atoms with van der Waals surface area (Å²) in [5, 5.41) is 6.67. The lowest BCUT2D eigenvalue weighted by Crippen LogP contribution is -1.69. The fraction of sp³-hybridized carbons (Fsp3) is 0.100. The highest BCUT2D eigenvalue weighted by molar-refractivity contribution is 5.65. The third-order valence-corrected chi connectivity index (χ3v) is 1.71. The zero-order valence-corrected chi connectivity index (χ0v) is 7.32. The number of hydrogen-bond acceptors (Lipinski definition) is 2. The van der Waals surface area contributed by atoms with E-state index in [4.69, 9.17) is 4.42 Å². The van der Waals surface area contributed by atoms with Crippen molar-refractivity contribution in [2.45, 2.75) is 6.92 Å². The Bertz CT molecular complexity index is 398. The molecular formula is C10H10N2O. The summed E-state index contributed by atoms with van der Waals surface area (Å²) in [6.07, 6.45) is 5.54. The van der Waals surface area contributed by atoms with Crippen LogP contribution < -0.4 is 0 Å². The smallest absolute Gasteiger partial charge is 0.127 e. The molecular weight excluding hydrogens is 164 g/mol. The fourth-order valence-corrected chi connectivity index (χ4v) is 1.07. The van der Waals surface area contributed by atoms with Gasteiger partial charge in [0.2, 0.25) is 0 Å². The van der Waals surface area contributed by atoms with Crippen molar-refractivity contribution in [1.29, 1.82) is 0 Å². The lowest BCUT2D eigenvalue weighted by Gasteiger charge is -1.84. The SMILES string of the molecule is Cc1ccc(/C=C/c2ccn[nH]2)o1. The highest BCUT2D eigenvalue weighted by Gasteiger charge is 1.92. The number of hydrogen-bond donors (Lipinski definition) is 1. The molecule has 66 valence electrons. The number of aromatic nitrogens is 2.